The highest BCUT2D eigenvalue weighted by atomic mass is 19.4. The van der Waals surface area contributed by atoms with Crippen LogP contribution in [0.1, 0.15) is 11.1 Å². The van der Waals surface area contributed by atoms with Crippen molar-refractivity contribution in [3.63, 3.8) is 0 Å². The molecule has 0 aliphatic rings. The largest absolute Gasteiger partial charge is 0.416 e. The summed E-state index contributed by atoms with van der Waals surface area (Å²) in [5.41, 5.74) is 2.23. The first-order chi connectivity index (χ1) is 7.27. The Labute approximate surface area is 86.8 Å². The first kappa shape index (κ1) is 12.4. The molecule has 16 heavy (non-hydrogen) atoms. The Balaban J connectivity index is 3.44. The van der Waals surface area contributed by atoms with Crippen LogP contribution in [0.5, 0.6) is 0 Å². The highest BCUT2D eigenvalue weighted by molar-refractivity contribution is 5.45. The quantitative estimate of drug-likeness (QED) is 0.487. The first-order valence-corrected chi connectivity index (χ1v) is 4.01. The maximum atomic E-state index is 13.1. The van der Waals surface area contributed by atoms with E-state index >= 15 is 0 Å². The lowest BCUT2D eigenvalue weighted by Crippen LogP contribution is -2.10. The number of hydrogen-bond donors (Lipinski definition) is 1. The van der Waals surface area contributed by atoms with E-state index in [0.29, 0.717) is 6.07 Å². The maximum Gasteiger partial charge on any atom is 0.416 e. The zero-order valence-electron chi connectivity index (χ0n) is 7.71. The van der Waals surface area contributed by atoms with Gasteiger partial charge in [-0.15, -0.1) is 0 Å². The Morgan fingerprint density at radius 1 is 1.38 bits per heavy atom. The van der Waals surface area contributed by atoms with Crippen molar-refractivity contribution in [2.75, 3.05) is 0 Å². The molecule has 0 saturated heterocycles. The molecule has 0 saturated carbocycles. The second kappa shape index (κ2) is 4.05. The van der Waals surface area contributed by atoms with Gasteiger partial charge in [0.1, 0.15) is 0 Å². The molecule has 2 N–H and O–H groups in total. The summed E-state index contributed by atoms with van der Waals surface area (Å²) in [7, 11) is 0. The third-order valence-electron chi connectivity index (χ3n) is 1.87. The second-order valence-electron chi connectivity index (χ2n) is 2.92. The molecular formula is C8H6F4N2O2. The molecule has 0 amide bonds. The summed E-state index contributed by atoms with van der Waals surface area (Å²) in [5, 5.41) is 10.4. The number of rotatable bonds is 2. The standard InChI is InChI=1S/C8H6F4N2O2/c9-6-2-5(8(10,11)12)1-4(3-13)7(6)14(15)16/h1-2H,3,13H2. The number of benzene rings is 1. The SMILES string of the molecule is NCc1cc(C(F)(F)F)cc(F)c1[N+](=O)[O-]. The summed E-state index contributed by atoms with van der Waals surface area (Å²) in [6.07, 6.45) is -4.76. The van der Waals surface area contributed by atoms with E-state index in [9.17, 15) is 27.7 Å². The van der Waals surface area contributed by atoms with Gasteiger partial charge < -0.3 is 5.73 Å². The van der Waals surface area contributed by atoms with Crippen molar-refractivity contribution >= 4 is 5.69 Å². The fourth-order valence-corrected chi connectivity index (χ4v) is 1.18. The minimum Gasteiger partial charge on any atom is -0.326 e. The van der Waals surface area contributed by atoms with E-state index in [1.165, 1.54) is 0 Å². The number of nitro benzene ring substituents is 1. The van der Waals surface area contributed by atoms with Gasteiger partial charge in [-0.1, -0.05) is 0 Å². The van der Waals surface area contributed by atoms with Crippen LogP contribution in [0.15, 0.2) is 12.1 Å². The minimum absolute atomic E-state index is 0.0806. The normalized spacial score (nSPS) is 11.6. The molecule has 0 unspecified atom stereocenters. The Morgan fingerprint density at radius 2 is 1.94 bits per heavy atom. The van der Waals surface area contributed by atoms with Crippen LogP contribution in [0.2, 0.25) is 0 Å². The van der Waals surface area contributed by atoms with Crippen molar-refractivity contribution in [3.05, 3.63) is 39.2 Å². The molecule has 0 radical (unpaired) electrons. The predicted molar refractivity (Wildman–Crippen MR) is 45.9 cm³/mol. The van der Waals surface area contributed by atoms with Crippen molar-refractivity contribution in [1.82, 2.24) is 0 Å². The van der Waals surface area contributed by atoms with E-state index in [1.807, 2.05) is 0 Å². The number of alkyl halides is 3. The van der Waals surface area contributed by atoms with E-state index in [4.69, 9.17) is 5.73 Å². The zero-order chi connectivity index (χ0) is 12.5. The van der Waals surface area contributed by atoms with Crippen LogP contribution < -0.4 is 5.73 Å². The van der Waals surface area contributed by atoms with Gasteiger partial charge in [0, 0.05) is 12.1 Å². The van der Waals surface area contributed by atoms with Gasteiger partial charge in [0.05, 0.1) is 10.5 Å². The first-order valence-electron chi connectivity index (χ1n) is 4.01. The Morgan fingerprint density at radius 3 is 2.31 bits per heavy atom. The Kier molecular flexibility index (Phi) is 3.13. The number of halogens is 4. The van der Waals surface area contributed by atoms with E-state index in [2.05, 4.69) is 0 Å². The summed E-state index contributed by atoms with van der Waals surface area (Å²) < 4.78 is 49.8. The lowest BCUT2D eigenvalue weighted by molar-refractivity contribution is -0.388. The third-order valence-corrected chi connectivity index (χ3v) is 1.87. The van der Waals surface area contributed by atoms with Crippen LogP contribution in [-0.2, 0) is 12.7 Å². The Hall–Kier alpha value is -1.70. The van der Waals surface area contributed by atoms with Crippen LogP contribution in [0, 0.1) is 15.9 Å². The number of nitrogens with two attached hydrogens (primary N) is 1. The molecule has 0 aliphatic heterocycles. The van der Waals surface area contributed by atoms with Gasteiger partial charge in [0.25, 0.3) is 0 Å². The third kappa shape index (κ3) is 2.27. The molecule has 0 aromatic heterocycles. The minimum atomic E-state index is -4.76. The average molecular weight is 238 g/mol. The number of nitrogens with zero attached hydrogens (tertiary/aromatic N) is 1. The molecule has 1 rings (SSSR count). The van der Waals surface area contributed by atoms with Crippen molar-refractivity contribution in [2.24, 2.45) is 5.73 Å². The molecule has 4 nitrogen and oxygen atoms in total. The zero-order valence-corrected chi connectivity index (χ0v) is 7.71. The van der Waals surface area contributed by atoms with Gasteiger partial charge in [-0.05, 0) is 12.1 Å². The topological polar surface area (TPSA) is 69.2 Å². The van der Waals surface area contributed by atoms with Crippen LogP contribution >= 0.6 is 0 Å². The van der Waals surface area contributed by atoms with Gasteiger partial charge in [-0.2, -0.15) is 17.6 Å². The van der Waals surface area contributed by atoms with Gasteiger partial charge in [0.2, 0.25) is 5.82 Å². The molecule has 1 aromatic rings. The number of hydrogen-bond acceptors (Lipinski definition) is 3. The Bertz CT molecular complexity index is 431. The molecule has 0 heterocycles. The van der Waals surface area contributed by atoms with Crippen LogP contribution in [0.4, 0.5) is 23.2 Å². The summed E-state index contributed by atoms with van der Waals surface area (Å²) in [6, 6.07) is 0.554. The van der Waals surface area contributed by atoms with Crippen LogP contribution in [0.3, 0.4) is 0 Å². The number of nitro groups is 1. The predicted octanol–water partition coefficient (Wildman–Crippen LogP) is 2.21. The fraction of sp³-hybridized carbons (Fsp3) is 0.250. The van der Waals surface area contributed by atoms with Crippen molar-refractivity contribution in [3.8, 4) is 0 Å². The monoisotopic (exact) mass is 238 g/mol. The molecular weight excluding hydrogens is 232 g/mol. The fourth-order valence-electron chi connectivity index (χ4n) is 1.18. The van der Waals surface area contributed by atoms with Gasteiger partial charge >= 0.3 is 11.9 Å². The summed E-state index contributed by atoms with van der Waals surface area (Å²) in [4.78, 5) is 9.29. The van der Waals surface area contributed by atoms with E-state index in [-0.39, 0.29) is 6.07 Å². The highest BCUT2D eigenvalue weighted by Gasteiger charge is 2.34. The molecule has 0 atom stereocenters. The summed E-state index contributed by atoms with van der Waals surface area (Å²) in [6.45, 7) is -0.544. The van der Waals surface area contributed by atoms with Crippen molar-refractivity contribution in [1.29, 1.82) is 0 Å². The van der Waals surface area contributed by atoms with Gasteiger partial charge in [-0.3, -0.25) is 10.1 Å². The molecule has 0 bridgehead atoms. The van der Waals surface area contributed by atoms with Gasteiger partial charge in [0.15, 0.2) is 0 Å². The van der Waals surface area contributed by atoms with Crippen molar-refractivity contribution < 1.29 is 22.5 Å². The second-order valence-corrected chi connectivity index (χ2v) is 2.92. The highest BCUT2D eigenvalue weighted by Crippen LogP contribution is 2.34. The summed E-state index contributed by atoms with van der Waals surface area (Å²) in [5.74, 6) is -1.54. The molecule has 0 aliphatic carbocycles. The smallest absolute Gasteiger partial charge is 0.326 e. The molecule has 0 spiro atoms. The lowest BCUT2D eigenvalue weighted by Gasteiger charge is -2.09. The van der Waals surface area contributed by atoms with E-state index < -0.39 is 40.3 Å². The summed E-state index contributed by atoms with van der Waals surface area (Å²) >= 11 is 0. The molecule has 8 heteroatoms. The average Bonchev–Trinajstić information content (AvgIpc) is 2.14. The molecule has 88 valence electrons. The van der Waals surface area contributed by atoms with Crippen LogP contribution in [-0.4, -0.2) is 4.92 Å². The molecule has 0 fully saturated rings. The molecule has 1 aromatic carbocycles. The maximum absolute atomic E-state index is 13.1. The van der Waals surface area contributed by atoms with E-state index in [0.717, 1.165) is 0 Å². The van der Waals surface area contributed by atoms with Gasteiger partial charge in [-0.25, -0.2) is 0 Å². The lowest BCUT2D eigenvalue weighted by atomic mass is 10.1. The van der Waals surface area contributed by atoms with Crippen LogP contribution in [0.25, 0.3) is 0 Å². The van der Waals surface area contributed by atoms with Crippen molar-refractivity contribution in [2.45, 2.75) is 12.7 Å². The van der Waals surface area contributed by atoms with E-state index in [1.54, 1.807) is 0 Å².